The van der Waals surface area contributed by atoms with E-state index in [1.807, 2.05) is 24.3 Å². The maximum Gasteiger partial charge on any atom is 0.150 e. The summed E-state index contributed by atoms with van der Waals surface area (Å²) < 4.78 is 0. The fraction of sp³-hybridized carbons (Fsp3) is 0.651. The molecule has 0 bridgehead atoms. The van der Waals surface area contributed by atoms with Gasteiger partial charge in [0.15, 0.2) is 0 Å². The number of unbranched alkanes of at least 4 members (excludes halogenated alkanes) is 12. The Kier molecular flexibility index (Phi) is 22.3. The van der Waals surface area contributed by atoms with Gasteiger partial charge in [0.25, 0.3) is 0 Å². The molecule has 2 aromatic carbocycles. The number of hydrogen-bond acceptors (Lipinski definition) is 2. The molecule has 45 heavy (non-hydrogen) atoms. The molecule has 0 amide bonds. The Morgan fingerprint density at radius 3 is 1.13 bits per heavy atom. The normalized spacial score (nSPS) is 11.7. The van der Waals surface area contributed by atoms with Gasteiger partial charge in [-0.2, -0.15) is 0 Å². The monoisotopic (exact) mass is 616 g/mol. The lowest BCUT2D eigenvalue weighted by Gasteiger charge is -2.33. The summed E-state index contributed by atoms with van der Waals surface area (Å²) in [5.74, 6) is 1.57. The third kappa shape index (κ3) is 17.8. The van der Waals surface area contributed by atoms with E-state index in [1.165, 1.54) is 153 Å². The first-order chi connectivity index (χ1) is 22.1. The van der Waals surface area contributed by atoms with Crippen LogP contribution in [-0.2, 0) is 0 Å². The van der Waals surface area contributed by atoms with E-state index >= 15 is 0 Å². The lowest BCUT2D eigenvalue weighted by atomic mass is 9.91. The third-order valence-electron chi connectivity index (χ3n) is 9.62. The smallest absolute Gasteiger partial charge is 0.150 e. The van der Waals surface area contributed by atoms with Crippen molar-refractivity contribution in [2.75, 3.05) is 18.0 Å². The summed E-state index contributed by atoms with van der Waals surface area (Å²) in [4.78, 5) is 13.8. The molecule has 0 heterocycles. The molecule has 0 spiro atoms. The summed E-state index contributed by atoms with van der Waals surface area (Å²) in [6, 6.07) is 17.2. The van der Waals surface area contributed by atoms with Gasteiger partial charge in [-0.3, -0.25) is 4.79 Å². The SMILES string of the molecule is CCCCCCC(CCCCCC)CN(CC(CCCCCC)CCCCCC)c1ccc(/C=C/c2ccc(C=O)cc2)cc1. The van der Waals surface area contributed by atoms with Crippen molar-refractivity contribution in [1.29, 1.82) is 0 Å². The summed E-state index contributed by atoms with van der Waals surface area (Å²) in [5, 5.41) is 0. The minimum absolute atomic E-state index is 0.722. The molecule has 0 saturated carbocycles. The summed E-state index contributed by atoms with van der Waals surface area (Å²) in [7, 11) is 0. The Labute approximate surface area is 279 Å². The second kappa shape index (κ2) is 25.8. The van der Waals surface area contributed by atoms with Crippen LogP contribution in [0.3, 0.4) is 0 Å². The molecule has 0 aliphatic heterocycles. The highest BCUT2D eigenvalue weighted by Crippen LogP contribution is 2.28. The fourth-order valence-electron chi connectivity index (χ4n) is 6.68. The summed E-state index contributed by atoms with van der Waals surface area (Å²) in [6.07, 6.45) is 32.6. The minimum Gasteiger partial charge on any atom is -0.371 e. The third-order valence-corrected chi connectivity index (χ3v) is 9.62. The van der Waals surface area contributed by atoms with Crippen LogP contribution in [0.25, 0.3) is 12.2 Å². The van der Waals surface area contributed by atoms with E-state index < -0.39 is 0 Å². The first-order valence-electron chi connectivity index (χ1n) is 19.2. The van der Waals surface area contributed by atoms with Crippen LogP contribution in [-0.4, -0.2) is 19.4 Å². The van der Waals surface area contributed by atoms with Crippen molar-refractivity contribution in [2.45, 2.75) is 156 Å². The molecule has 2 aromatic rings. The molecule has 0 N–H and O–H groups in total. The molecule has 0 aliphatic carbocycles. The van der Waals surface area contributed by atoms with Crippen LogP contribution in [0.1, 0.15) is 178 Å². The molecule has 0 radical (unpaired) electrons. The van der Waals surface area contributed by atoms with E-state index in [4.69, 9.17) is 0 Å². The Bertz CT molecular complexity index is 938. The highest BCUT2D eigenvalue weighted by Gasteiger charge is 2.19. The number of aldehydes is 1. The molecule has 252 valence electrons. The highest BCUT2D eigenvalue weighted by atomic mass is 16.1. The highest BCUT2D eigenvalue weighted by molar-refractivity contribution is 5.76. The molecule has 0 saturated heterocycles. The Morgan fingerprint density at radius 1 is 0.467 bits per heavy atom. The number of benzene rings is 2. The maximum absolute atomic E-state index is 11.0. The van der Waals surface area contributed by atoms with Gasteiger partial charge in [0.2, 0.25) is 0 Å². The molecule has 0 atom stereocenters. The lowest BCUT2D eigenvalue weighted by molar-refractivity contribution is 0.112. The van der Waals surface area contributed by atoms with Crippen LogP contribution in [0.4, 0.5) is 5.69 Å². The van der Waals surface area contributed by atoms with Crippen molar-refractivity contribution in [1.82, 2.24) is 0 Å². The zero-order valence-corrected chi connectivity index (χ0v) is 29.9. The zero-order chi connectivity index (χ0) is 32.4. The summed E-state index contributed by atoms with van der Waals surface area (Å²) >= 11 is 0. The fourth-order valence-corrected chi connectivity index (χ4v) is 6.68. The standard InChI is InChI=1S/C43H69NO/c1-5-9-13-17-21-40(22-18-14-10-6-2)35-44(36-41(23-19-15-11-7-3)24-20-16-12-8-4)43-33-31-39(32-34-43)26-25-38-27-29-42(37-45)30-28-38/h25-34,37,40-41H,5-24,35-36H2,1-4H3/b26-25+. The molecule has 0 aromatic heterocycles. The molecular formula is C43H69NO. The number of carbonyl (C=O) groups is 1. The van der Waals surface area contributed by atoms with Gasteiger partial charge in [-0.1, -0.05) is 179 Å². The van der Waals surface area contributed by atoms with Crippen molar-refractivity contribution in [2.24, 2.45) is 11.8 Å². The Morgan fingerprint density at radius 2 is 0.800 bits per heavy atom. The van der Waals surface area contributed by atoms with Crippen LogP contribution in [0.15, 0.2) is 48.5 Å². The van der Waals surface area contributed by atoms with E-state index in [0.717, 1.165) is 29.2 Å². The van der Waals surface area contributed by atoms with Gasteiger partial charge in [-0.15, -0.1) is 0 Å². The molecule has 0 unspecified atom stereocenters. The number of nitrogens with zero attached hydrogens (tertiary/aromatic N) is 1. The van der Waals surface area contributed by atoms with E-state index in [1.54, 1.807) is 0 Å². The Balaban J connectivity index is 2.24. The van der Waals surface area contributed by atoms with E-state index in [-0.39, 0.29) is 0 Å². The van der Waals surface area contributed by atoms with Crippen molar-refractivity contribution in [3.05, 3.63) is 65.2 Å². The van der Waals surface area contributed by atoms with Gasteiger partial charge in [0.05, 0.1) is 0 Å². The van der Waals surface area contributed by atoms with Gasteiger partial charge in [-0.25, -0.2) is 0 Å². The van der Waals surface area contributed by atoms with Gasteiger partial charge in [0, 0.05) is 24.3 Å². The van der Waals surface area contributed by atoms with Crippen LogP contribution in [0, 0.1) is 11.8 Å². The number of carbonyl (C=O) groups excluding carboxylic acids is 1. The van der Waals surface area contributed by atoms with Crippen LogP contribution < -0.4 is 4.90 Å². The molecule has 2 nitrogen and oxygen atoms in total. The lowest BCUT2D eigenvalue weighted by Crippen LogP contribution is -2.34. The molecule has 0 aliphatic rings. The van der Waals surface area contributed by atoms with Crippen molar-refractivity contribution in [3.8, 4) is 0 Å². The van der Waals surface area contributed by atoms with E-state index in [0.29, 0.717) is 0 Å². The van der Waals surface area contributed by atoms with Crippen molar-refractivity contribution < 1.29 is 4.79 Å². The van der Waals surface area contributed by atoms with Gasteiger partial charge < -0.3 is 4.90 Å². The molecule has 2 heteroatoms. The minimum atomic E-state index is 0.722. The van der Waals surface area contributed by atoms with E-state index in [2.05, 4.69) is 69.0 Å². The molecule has 0 fully saturated rings. The van der Waals surface area contributed by atoms with Crippen LogP contribution >= 0.6 is 0 Å². The van der Waals surface area contributed by atoms with Crippen LogP contribution in [0.5, 0.6) is 0 Å². The number of rotatable bonds is 28. The summed E-state index contributed by atoms with van der Waals surface area (Å²) in [5.41, 5.74) is 4.47. The van der Waals surface area contributed by atoms with Gasteiger partial charge >= 0.3 is 0 Å². The molecular weight excluding hydrogens is 546 g/mol. The number of hydrogen-bond donors (Lipinski definition) is 0. The Hall–Kier alpha value is -2.35. The average Bonchev–Trinajstić information content (AvgIpc) is 3.07. The first kappa shape index (κ1) is 38.8. The predicted octanol–water partition coefficient (Wildman–Crippen LogP) is 13.6. The van der Waals surface area contributed by atoms with E-state index in [9.17, 15) is 4.79 Å². The maximum atomic E-state index is 11.0. The quantitative estimate of drug-likeness (QED) is 0.0539. The zero-order valence-electron chi connectivity index (χ0n) is 29.9. The predicted molar refractivity (Wildman–Crippen MR) is 201 cm³/mol. The van der Waals surface area contributed by atoms with Gasteiger partial charge in [-0.05, 0) is 60.8 Å². The largest absolute Gasteiger partial charge is 0.371 e. The first-order valence-corrected chi connectivity index (χ1v) is 19.2. The van der Waals surface area contributed by atoms with Crippen molar-refractivity contribution >= 4 is 24.1 Å². The van der Waals surface area contributed by atoms with Crippen molar-refractivity contribution in [3.63, 3.8) is 0 Å². The second-order valence-corrected chi connectivity index (χ2v) is 13.7. The van der Waals surface area contributed by atoms with Gasteiger partial charge in [0.1, 0.15) is 6.29 Å². The average molecular weight is 616 g/mol. The molecule has 2 rings (SSSR count). The van der Waals surface area contributed by atoms with Crippen LogP contribution in [0.2, 0.25) is 0 Å². The second-order valence-electron chi connectivity index (χ2n) is 13.7. The number of anilines is 1. The topological polar surface area (TPSA) is 20.3 Å². The summed E-state index contributed by atoms with van der Waals surface area (Å²) in [6.45, 7) is 11.7.